The van der Waals surface area contributed by atoms with Crippen molar-refractivity contribution < 1.29 is 29.0 Å². The van der Waals surface area contributed by atoms with E-state index in [0.717, 1.165) is 4.90 Å². The summed E-state index contributed by atoms with van der Waals surface area (Å²) < 4.78 is 4.88. The molecule has 0 aliphatic heterocycles. The zero-order chi connectivity index (χ0) is 24.5. The highest BCUT2D eigenvalue weighted by atomic mass is 32.2. The average Bonchev–Trinajstić information content (AvgIpc) is 3.25. The third-order valence-corrected chi connectivity index (χ3v) is 6.83. The lowest BCUT2D eigenvalue weighted by atomic mass is 9.82. The van der Waals surface area contributed by atoms with Crippen LogP contribution in [0, 0.1) is 11.8 Å². The number of esters is 1. The Morgan fingerprint density at radius 2 is 1.82 bits per heavy atom. The molecule has 0 bridgehead atoms. The van der Waals surface area contributed by atoms with Gasteiger partial charge in [-0.2, -0.15) is 0 Å². The van der Waals surface area contributed by atoms with Crippen LogP contribution in [0.5, 0.6) is 0 Å². The number of nitrogens with zero attached hydrogens (tertiary/aromatic N) is 1. The van der Waals surface area contributed by atoms with Gasteiger partial charge in [0, 0.05) is 16.0 Å². The molecule has 0 spiro atoms. The van der Waals surface area contributed by atoms with Crippen LogP contribution in [-0.4, -0.2) is 46.2 Å². The molecule has 1 aliphatic rings. The SMILES string of the molecule is CCOC(=O)Cc1csc(NC(=O)CSc2ccc(NC(=O)C3CC=CCC3C(=O)O)cc2)n1. The number of anilines is 2. The molecule has 0 saturated carbocycles. The van der Waals surface area contributed by atoms with Gasteiger partial charge in [-0.25, -0.2) is 4.98 Å². The van der Waals surface area contributed by atoms with Crippen molar-refractivity contribution in [2.45, 2.75) is 31.1 Å². The summed E-state index contributed by atoms with van der Waals surface area (Å²) in [5.41, 5.74) is 1.11. The highest BCUT2D eigenvalue weighted by molar-refractivity contribution is 8.00. The van der Waals surface area contributed by atoms with Crippen LogP contribution < -0.4 is 10.6 Å². The topological polar surface area (TPSA) is 135 Å². The molecule has 3 N–H and O–H groups in total. The molecule has 2 amide bonds. The van der Waals surface area contributed by atoms with E-state index in [0.29, 0.717) is 36.0 Å². The number of hydrogen-bond acceptors (Lipinski definition) is 8. The summed E-state index contributed by atoms with van der Waals surface area (Å²) in [5.74, 6) is -3.05. The Hall–Kier alpha value is -3.18. The highest BCUT2D eigenvalue weighted by Gasteiger charge is 2.33. The number of allylic oxidation sites excluding steroid dienone is 2. The second-order valence-corrected chi connectivity index (χ2v) is 9.38. The minimum absolute atomic E-state index is 0.0618. The summed E-state index contributed by atoms with van der Waals surface area (Å²) in [7, 11) is 0. The number of hydrogen-bond donors (Lipinski definition) is 3. The summed E-state index contributed by atoms with van der Waals surface area (Å²) >= 11 is 2.56. The molecular weight excluding hydrogens is 478 g/mol. The van der Waals surface area contributed by atoms with Crippen molar-refractivity contribution in [3.63, 3.8) is 0 Å². The van der Waals surface area contributed by atoms with Crippen molar-refractivity contribution in [2.24, 2.45) is 11.8 Å². The van der Waals surface area contributed by atoms with E-state index in [1.165, 1.54) is 23.1 Å². The van der Waals surface area contributed by atoms with E-state index in [9.17, 15) is 24.3 Å². The molecule has 1 aromatic carbocycles. The lowest BCUT2D eigenvalue weighted by Gasteiger charge is -2.24. The van der Waals surface area contributed by atoms with Crippen LogP contribution in [0.15, 0.2) is 46.7 Å². The Bertz CT molecular complexity index is 1070. The number of thioether (sulfide) groups is 1. The van der Waals surface area contributed by atoms with Gasteiger partial charge in [-0.1, -0.05) is 12.2 Å². The molecule has 9 nitrogen and oxygen atoms in total. The first-order chi connectivity index (χ1) is 16.4. The number of aliphatic carboxylic acids is 1. The van der Waals surface area contributed by atoms with Crippen LogP contribution in [0.25, 0.3) is 0 Å². The van der Waals surface area contributed by atoms with Crippen molar-refractivity contribution in [3.05, 3.63) is 47.5 Å². The van der Waals surface area contributed by atoms with Crippen LogP contribution in [0.4, 0.5) is 10.8 Å². The van der Waals surface area contributed by atoms with Gasteiger partial charge >= 0.3 is 11.9 Å². The number of carboxylic acids is 1. The molecule has 2 atom stereocenters. The van der Waals surface area contributed by atoms with Gasteiger partial charge in [0.25, 0.3) is 0 Å². The maximum Gasteiger partial charge on any atom is 0.311 e. The molecule has 0 fully saturated rings. The molecule has 11 heteroatoms. The smallest absolute Gasteiger partial charge is 0.311 e. The zero-order valence-corrected chi connectivity index (χ0v) is 20.1. The second-order valence-electron chi connectivity index (χ2n) is 7.47. The molecule has 3 rings (SSSR count). The third-order valence-electron chi connectivity index (χ3n) is 5.01. The van der Waals surface area contributed by atoms with Gasteiger partial charge in [-0.3, -0.25) is 19.2 Å². The van der Waals surface area contributed by atoms with Crippen molar-refractivity contribution in [2.75, 3.05) is 23.0 Å². The molecule has 1 heterocycles. The lowest BCUT2D eigenvalue weighted by molar-refractivity contribution is -0.146. The Morgan fingerprint density at radius 1 is 1.12 bits per heavy atom. The molecule has 0 saturated heterocycles. The standard InChI is InChI=1S/C23H25N3O6S2/c1-2-32-20(28)11-15-12-34-23(25-15)26-19(27)13-33-16-9-7-14(8-10-16)24-21(29)17-5-3-4-6-18(17)22(30)31/h3-4,7-10,12,17-18H,2,5-6,11,13H2,1H3,(H,24,29)(H,30,31)(H,25,26,27). The molecule has 2 unspecified atom stereocenters. The van der Waals surface area contributed by atoms with Crippen molar-refractivity contribution in [1.82, 2.24) is 4.98 Å². The van der Waals surface area contributed by atoms with Crippen LogP contribution in [0.1, 0.15) is 25.5 Å². The number of ether oxygens (including phenoxy) is 1. The first-order valence-corrected chi connectivity index (χ1v) is 12.5. The largest absolute Gasteiger partial charge is 0.481 e. The Balaban J connectivity index is 1.46. The van der Waals surface area contributed by atoms with Crippen LogP contribution >= 0.6 is 23.1 Å². The number of carbonyl (C=O) groups excluding carboxylic acids is 3. The van der Waals surface area contributed by atoms with Gasteiger partial charge in [0.15, 0.2) is 5.13 Å². The monoisotopic (exact) mass is 503 g/mol. The van der Waals surface area contributed by atoms with E-state index in [2.05, 4.69) is 15.6 Å². The molecule has 1 aliphatic carbocycles. The summed E-state index contributed by atoms with van der Waals surface area (Å²) in [6.45, 7) is 2.04. The normalized spacial score (nSPS) is 17.1. The predicted octanol–water partition coefficient (Wildman–Crippen LogP) is 3.59. The van der Waals surface area contributed by atoms with Gasteiger partial charge in [-0.15, -0.1) is 23.1 Å². The first kappa shape index (κ1) is 25.4. The Labute approximate surface area is 205 Å². The van der Waals surface area contributed by atoms with Gasteiger partial charge < -0.3 is 20.5 Å². The number of thiazole rings is 1. The number of carbonyl (C=O) groups is 4. The fraction of sp³-hybridized carbons (Fsp3) is 0.348. The van der Waals surface area contributed by atoms with Crippen LogP contribution in [-0.2, 0) is 30.3 Å². The third kappa shape index (κ3) is 7.42. The summed E-state index contributed by atoms with van der Waals surface area (Å²) in [6, 6.07) is 7.00. The molecule has 180 valence electrons. The van der Waals surface area contributed by atoms with Gasteiger partial charge in [0.2, 0.25) is 11.8 Å². The minimum atomic E-state index is -0.970. The van der Waals surface area contributed by atoms with E-state index in [1.807, 2.05) is 6.08 Å². The summed E-state index contributed by atoms with van der Waals surface area (Å²) in [5, 5.41) is 17.0. The molecule has 0 radical (unpaired) electrons. The van der Waals surface area contributed by atoms with Crippen LogP contribution in [0.2, 0.25) is 0 Å². The fourth-order valence-corrected chi connectivity index (χ4v) is 4.78. The quantitative estimate of drug-likeness (QED) is 0.254. The molecule has 2 aromatic rings. The van der Waals surface area contributed by atoms with Crippen molar-refractivity contribution in [1.29, 1.82) is 0 Å². The number of amides is 2. The average molecular weight is 504 g/mol. The van der Waals surface area contributed by atoms with Crippen LogP contribution in [0.3, 0.4) is 0 Å². The zero-order valence-electron chi connectivity index (χ0n) is 18.5. The molecule has 1 aromatic heterocycles. The Kier molecular flexibility index (Phi) is 9.23. The van der Waals surface area contributed by atoms with Gasteiger partial charge in [-0.05, 0) is 44.0 Å². The number of aromatic nitrogens is 1. The number of benzene rings is 1. The van der Waals surface area contributed by atoms with Crippen molar-refractivity contribution in [3.8, 4) is 0 Å². The summed E-state index contributed by atoms with van der Waals surface area (Å²) in [4.78, 5) is 52.7. The fourth-order valence-electron chi connectivity index (χ4n) is 3.36. The van der Waals surface area contributed by atoms with Crippen molar-refractivity contribution >= 4 is 57.7 Å². The Morgan fingerprint density at radius 3 is 2.50 bits per heavy atom. The molecule has 34 heavy (non-hydrogen) atoms. The number of rotatable bonds is 10. The summed E-state index contributed by atoms with van der Waals surface area (Å²) in [6.07, 6.45) is 4.43. The van der Waals surface area contributed by atoms with E-state index in [-0.39, 0.29) is 30.0 Å². The second kappa shape index (κ2) is 12.3. The van der Waals surface area contributed by atoms with Gasteiger partial charge in [0.05, 0.1) is 36.3 Å². The maximum atomic E-state index is 12.6. The lowest BCUT2D eigenvalue weighted by Crippen LogP contribution is -2.34. The van der Waals surface area contributed by atoms with E-state index < -0.39 is 17.8 Å². The number of carboxylic acid groups (broad SMARTS) is 1. The molecular formula is C23H25N3O6S2. The van der Waals surface area contributed by atoms with E-state index >= 15 is 0 Å². The van der Waals surface area contributed by atoms with E-state index in [1.54, 1.807) is 42.6 Å². The predicted molar refractivity (Wildman–Crippen MR) is 130 cm³/mol. The maximum absolute atomic E-state index is 12.6. The first-order valence-electron chi connectivity index (χ1n) is 10.7. The number of nitrogens with one attached hydrogen (secondary N) is 2. The van der Waals surface area contributed by atoms with E-state index in [4.69, 9.17) is 4.74 Å². The minimum Gasteiger partial charge on any atom is -0.481 e. The highest BCUT2D eigenvalue weighted by Crippen LogP contribution is 2.28. The van der Waals surface area contributed by atoms with Gasteiger partial charge in [0.1, 0.15) is 0 Å².